The summed E-state index contributed by atoms with van der Waals surface area (Å²) in [6.45, 7) is 0.816. The van der Waals surface area contributed by atoms with Crippen molar-refractivity contribution in [2.24, 2.45) is 0 Å². The van der Waals surface area contributed by atoms with Gasteiger partial charge >= 0.3 is 6.18 Å². The minimum Gasteiger partial charge on any atom is -0.352 e. The highest BCUT2D eigenvalue weighted by molar-refractivity contribution is 6.30. The van der Waals surface area contributed by atoms with Gasteiger partial charge in [-0.05, 0) is 30.7 Å². The molecule has 0 aliphatic heterocycles. The van der Waals surface area contributed by atoms with Crippen LogP contribution in [0.3, 0.4) is 0 Å². The van der Waals surface area contributed by atoms with Crippen LogP contribution in [0, 0.1) is 0 Å². The molecular formula is C17H15ClF3N5O. The van der Waals surface area contributed by atoms with Crippen molar-refractivity contribution in [1.29, 1.82) is 0 Å². The van der Waals surface area contributed by atoms with Gasteiger partial charge in [-0.1, -0.05) is 11.6 Å². The Kier molecular flexibility index (Phi) is 5.50. The lowest BCUT2D eigenvalue weighted by Crippen LogP contribution is -2.28. The summed E-state index contributed by atoms with van der Waals surface area (Å²) in [4.78, 5) is 16.2. The van der Waals surface area contributed by atoms with Crippen molar-refractivity contribution < 1.29 is 18.0 Å². The number of alkyl halides is 3. The summed E-state index contributed by atoms with van der Waals surface area (Å²) in [5, 5.41) is 6.64. The molecule has 27 heavy (non-hydrogen) atoms. The summed E-state index contributed by atoms with van der Waals surface area (Å²) in [5.41, 5.74) is -1.50. The largest absolute Gasteiger partial charge is 0.434 e. The first kappa shape index (κ1) is 19.0. The number of carbonyl (C=O) groups excluding carboxylic acids is 1. The molecule has 0 radical (unpaired) electrons. The fourth-order valence-corrected chi connectivity index (χ4v) is 2.67. The number of benzene rings is 1. The number of nitrogens with zero attached hydrogens (tertiary/aromatic N) is 4. The van der Waals surface area contributed by atoms with Crippen LogP contribution in [0.1, 0.15) is 22.5 Å². The third-order valence-corrected chi connectivity index (χ3v) is 4.04. The molecule has 3 rings (SSSR count). The van der Waals surface area contributed by atoms with Crippen molar-refractivity contribution in [2.75, 3.05) is 6.54 Å². The maximum Gasteiger partial charge on any atom is 0.434 e. The highest BCUT2D eigenvalue weighted by Gasteiger charge is 2.40. The van der Waals surface area contributed by atoms with E-state index in [4.69, 9.17) is 11.6 Å². The predicted molar refractivity (Wildman–Crippen MR) is 92.8 cm³/mol. The van der Waals surface area contributed by atoms with Crippen molar-refractivity contribution in [2.45, 2.75) is 19.1 Å². The zero-order valence-electron chi connectivity index (χ0n) is 13.9. The molecule has 0 bridgehead atoms. The number of imidazole rings is 1. The van der Waals surface area contributed by atoms with E-state index in [1.54, 1.807) is 18.7 Å². The monoisotopic (exact) mass is 397 g/mol. The van der Waals surface area contributed by atoms with Crippen molar-refractivity contribution >= 4 is 17.5 Å². The van der Waals surface area contributed by atoms with Gasteiger partial charge in [-0.25, -0.2) is 9.67 Å². The molecule has 1 aromatic carbocycles. The van der Waals surface area contributed by atoms with Gasteiger partial charge < -0.3 is 9.88 Å². The standard InChI is InChI=1S/C17H15ClF3N5O/c18-12-2-4-13(5-3-12)26-15(17(19,20)21)14(10-24-26)16(27)23-6-1-8-25-9-7-22-11-25/h2-5,7,9-11H,1,6,8H2,(H,23,27). The Morgan fingerprint density at radius 1 is 1.22 bits per heavy atom. The second-order valence-corrected chi connectivity index (χ2v) is 6.14. The number of amides is 1. The highest BCUT2D eigenvalue weighted by Crippen LogP contribution is 2.33. The van der Waals surface area contributed by atoms with Crippen LogP contribution in [-0.4, -0.2) is 31.8 Å². The summed E-state index contributed by atoms with van der Waals surface area (Å²) >= 11 is 5.77. The maximum absolute atomic E-state index is 13.6. The number of carbonyl (C=O) groups is 1. The van der Waals surface area contributed by atoms with Crippen LogP contribution in [0.4, 0.5) is 13.2 Å². The Hall–Kier alpha value is -2.81. The predicted octanol–water partition coefficient (Wildman–Crippen LogP) is 3.56. The van der Waals surface area contributed by atoms with Gasteiger partial charge in [0.05, 0.1) is 23.8 Å². The van der Waals surface area contributed by atoms with Crippen LogP contribution in [0.5, 0.6) is 0 Å². The lowest BCUT2D eigenvalue weighted by molar-refractivity contribution is -0.143. The van der Waals surface area contributed by atoms with Gasteiger partial charge in [0.1, 0.15) is 0 Å². The Bertz CT molecular complexity index is 904. The van der Waals surface area contributed by atoms with Crippen LogP contribution in [-0.2, 0) is 12.7 Å². The van der Waals surface area contributed by atoms with Gasteiger partial charge in [-0.3, -0.25) is 4.79 Å². The minimum atomic E-state index is -4.75. The Morgan fingerprint density at radius 3 is 2.59 bits per heavy atom. The smallest absolute Gasteiger partial charge is 0.352 e. The zero-order valence-corrected chi connectivity index (χ0v) is 14.7. The van der Waals surface area contributed by atoms with Crippen molar-refractivity contribution in [3.8, 4) is 5.69 Å². The van der Waals surface area contributed by atoms with E-state index in [-0.39, 0.29) is 12.2 Å². The summed E-state index contributed by atoms with van der Waals surface area (Å²) in [6.07, 6.45) is 1.73. The number of rotatable bonds is 6. The second kappa shape index (κ2) is 7.83. The first-order valence-corrected chi connectivity index (χ1v) is 8.39. The zero-order chi connectivity index (χ0) is 19.4. The fraction of sp³-hybridized carbons (Fsp3) is 0.235. The fourth-order valence-electron chi connectivity index (χ4n) is 2.54. The topological polar surface area (TPSA) is 64.7 Å². The van der Waals surface area contributed by atoms with Crippen LogP contribution in [0.15, 0.2) is 49.2 Å². The van der Waals surface area contributed by atoms with E-state index in [1.807, 2.05) is 4.57 Å². The molecule has 0 fully saturated rings. The first-order chi connectivity index (χ1) is 12.9. The second-order valence-electron chi connectivity index (χ2n) is 5.70. The van der Waals surface area contributed by atoms with E-state index in [2.05, 4.69) is 15.4 Å². The number of aryl methyl sites for hydroxylation is 1. The summed E-state index contributed by atoms with van der Waals surface area (Å²) in [7, 11) is 0. The van der Waals surface area contributed by atoms with Gasteiger partial charge in [-0.2, -0.15) is 18.3 Å². The molecule has 0 unspecified atom stereocenters. The molecule has 2 aromatic heterocycles. The lowest BCUT2D eigenvalue weighted by atomic mass is 10.2. The Balaban J connectivity index is 1.76. The summed E-state index contributed by atoms with van der Waals surface area (Å²) < 4.78 is 43.2. The molecule has 2 heterocycles. The molecule has 6 nitrogen and oxygen atoms in total. The third-order valence-electron chi connectivity index (χ3n) is 3.79. The van der Waals surface area contributed by atoms with E-state index < -0.39 is 23.3 Å². The third kappa shape index (κ3) is 4.48. The summed E-state index contributed by atoms with van der Waals surface area (Å²) in [5.74, 6) is -0.826. The average Bonchev–Trinajstić information content (AvgIpc) is 3.28. The number of aromatic nitrogens is 4. The van der Waals surface area contributed by atoms with Gasteiger partial charge in [0.15, 0.2) is 5.69 Å². The number of hydrogen-bond acceptors (Lipinski definition) is 3. The molecule has 0 atom stereocenters. The lowest BCUT2D eigenvalue weighted by Gasteiger charge is -2.13. The molecule has 142 valence electrons. The van der Waals surface area contributed by atoms with Gasteiger partial charge in [0.25, 0.3) is 5.91 Å². The molecule has 0 saturated heterocycles. The molecule has 1 amide bonds. The van der Waals surface area contributed by atoms with Crippen molar-refractivity contribution in [1.82, 2.24) is 24.6 Å². The molecule has 3 aromatic rings. The first-order valence-electron chi connectivity index (χ1n) is 8.01. The number of hydrogen-bond donors (Lipinski definition) is 1. The highest BCUT2D eigenvalue weighted by atomic mass is 35.5. The maximum atomic E-state index is 13.6. The van der Waals surface area contributed by atoms with Gasteiger partial charge in [0, 0.05) is 30.5 Å². The van der Waals surface area contributed by atoms with Crippen LogP contribution in [0.25, 0.3) is 5.69 Å². The molecule has 0 aliphatic rings. The molecular weight excluding hydrogens is 383 g/mol. The Morgan fingerprint density at radius 2 is 1.96 bits per heavy atom. The van der Waals surface area contributed by atoms with Crippen LogP contribution < -0.4 is 5.32 Å². The van der Waals surface area contributed by atoms with E-state index >= 15 is 0 Å². The average molecular weight is 398 g/mol. The van der Waals surface area contributed by atoms with E-state index in [0.29, 0.717) is 22.7 Å². The molecule has 0 aliphatic carbocycles. The van der Waals surface area contributed by atoms with E-state index in [9.17, 15) is 18.0 Å². The van der Waals surface area contributed by atoms with Crippen molar-refractivity contribution in [3.63, 3.8) is 0 Å². The van der Waals surface area contributed by atoms with E-state index in [0.717, 1.165) is 6.20 Å². The Labute approximate surface area is 157 Å². The number of halogens is 4. The quantitative estimate of drug-likeness (QED) is 0.647. The minimum absolute atomic E-state index is 0.158. The molecule has 0 spiro atoms. The van der Waals surface area contributed by atoms with Crippen molar-refractivity contribution in [3.05, 3.63) is 65.5 Å². The normalized spacial score (nSPS) is 11.6. The summed E-state index contributed by atoms with van der Waals surface area (Å²) in [6, 6.07) is 5.71. The van der Waals surface area contributed by atoms with Gasteiger partial charge in [0.2, 0.25) is 0 Å². The molecule has 0 saturated carbocycles. The van der Waals surface area contributed by atoms with Crippen LogP contribution >= 0.6 is 11.6 Å². The van der Waals surface area contributed by atoms with Crippen LogP contribution in [0.2, 0.25) is 5.02 Å². The number of nitrogens with one attached hydrogen (secondary N) is 1. The SMILES string of the molecule is O=C(NCCCn1ccnc1)c1cnn(-c2ccc(Cl)cc2)c1C(F)(F)F. The van der Waals surface area contributed by atoms with Gasteiger partial charge in [-0.15, -0.1) is 0 Å². The molecule has 10 heteroatoms. The molecule has 1 N–H and O–H groups in total. The van der Waals surface area contributed by atoms with E-state index in [1.165, 1.54) is 24.3 Å².